The first kappa shape index (κ1) is 19.3. The minimum atomic E-state index is -0.601. The highest BCUT2D eigenvalue weighted by molar-refractivity contribution is 7.22. The number of rotatable bonds is 4. The molecule has 3 heterocycles. The third-order valence-corrected chi connectivity index (χ3v) is 6.66. The molecule has 150 valence electrons. The number of hydrogen-bond acceptors (Lipinski definition) is 5. The highest BCUT2D eigenvalue weighted by Crippen LogP contribution is 2.35. The smallest absolute Gasteiger partial charge is 0.262 e. The monoisotopic (exact) mass is 410 g/mol. The Hall–Kier alpha value is -3.00. The van der Waals surface area contributed by atoms with Crippen molar-refractivity contribution in [1.82, 2.24) is 14.5 Å². The summed E-state index contributed by atoms with van der Waals surface area (Å²) in [5, 5.41) is 0.536. The van der Waals surface area contributed by atoms with Crippen molar-refractivity contribution in [2.75, 3.05) is 6.54 Å². The predicted octanol–water partition coefficient (Wildman–Crippen LogP) is 2.30. The van der Waals surface area contributed by atoms with Crippen LogP contribution in [0.2, 0.25) is 0 Å². The Morgan fingerprint density at radius 2 is 2.00 bits per heavy atom. The second kappa shape index (κ2) is 7.79. The molecule has 1 atom stereocenters. The first-order valence-electron chi connectivity index (χ1n) is 9.60. The Labute approximate surface area is 171 Å². The molecule has 7 nitrogen and oxygen atoms in total. The van der Waals surface area contributed by atoms with Crippen molar-refractivity contribution in [3.8, 4) is 10.4 Å². The van der Waals surface area contributed by atoms with Gasteiger partial charge in [-0.05, 0) is 37.3 Å². The van der Waals surface area contributed by atoms with E-state index in [0.29, 0.717) is 23.2 Å². The number of carbonyl (C=O) groups is 2. The fourth-order valence-corrected chi connectivity index (χ4v) is 5.04. The maximum Gasteiger partial charge on any atom is 0.262 e. The molecule has 3 aromatic rings. The fraction of sp³-hybridized carbons (Fsp3) is 0.333. The summed E-state index contributed by atoms with van der Waals surface area (Å²) >= 11 is 1.47. The Morgan fingerprint density at radius 3 is 2.72 bits per heavy atom. The van der Waals surface area contributed by atoms with Gasteiger partial charge in [-0.2, -0.15) is 0 Å². The zero-order valence-electron chi connectivity index (χ0n) is 16.1. The summed E-state index contributed by atoms with van der Waals surface area (Å²) in [6, 6.07) is 9.26. The van der Waals surface area contributed by atoms with Crippen LogP contribution in [0.3, 0.4) is 0 Å². The molecule has 0 aliphatic carbocycles. The molecule has 0 spiro atoms. The topological polar surface area (TPSA) is 98.3 Å². The van der Waals surface area contributed by atoms with Crippen LogP contribution in [-0.4, -0.2) is 38.9 Å². The largest absolute Gasteiger partial charge is 0.368 e. The summed E-state index contributed by atoms with van der Waals surface area (Å²) in [5.41, 5.74) is 7.11. The van der Waals surface area contributed by atoms with Crippen molar-refractivity contribution in [3.63, 3.8) is 0 Å². The Balaban J connectivity index is 1.68. The molecule has 1 aliphatic rings. The number of aryl methyl sites for hydroxylation is 1. The van der Waals surface area contributed by atoms with Crippen LogP contribution in [0.5, 0.6) is 0 Å². The Bertz CT molecular complexity index is 1140. The van der Waals surface area contributed by atoms with E-state index in [1.54, 1.807) is 0 Å². The van der Waals surface area contributed by atoms with Gasteiger partial charge in [-0.15, -0.1) is 11.3 Å². The van der Waals surface area contributed by atoms with E-state index in [9.17, 15) is 14.4 Å². The van der Waals surface area contributed by atoms with Gasteiger partial charge in [0.25, 0.3) is 5.56 Å². The van der Waals surface area contributed by atoms with Crippen molar-refractivity contribution in [2.45, 2.75) is 38.8 Å². The van der Waals surface area contributed by atoms with Gasteiger partial charge in [-0.3, -0.25) is 19.0 Å². The number of carbonyl (C=O) groups excluding carboxylic acids is 2. The summed E-state index contributed by atoms with van der Waals surface area (Å²) in [6.07, 6.45) is 3.67. The third kappa shape index (κ3) is 3.55. The van der Waals surface area contributed by atoms with E-state index in [2.05, 4.69) is 4.98 Å². The quantitative estimate of drug-likeness (QED) is 0.713. The molecule has 0 radical (unpaired) electrons. The molecule has 2 N–H and O–H groups in total. The third-order valence-electron chi connectivity index (χ3n) is 5.41. The molecule has 1 aliphatic heterocycles. The number of primary amides is 1. The van der Waals surface area contributed by atoms with E-state index in [1.165, 1.54) is 27.1 Å². The highest BCUT2D eigenvalue weighted by atomic mass is 32.1. The van der Waals surface area contributed by atoms with Gasteiger partial charge in [0.15, 0.2) is 0 Å². The van der Waals surface area contributed by atoms with Crippen LogP contribution in [0.1, 0.15) is 24.8 Å². The lowest BCUT2D eigenvalue weighted by molar-refractivity contribution is -0.141. The van der Waals surface area contributed by atoms with Crippen LogP contribution in [0.25, 0.3) is 20.7 Å². The maximum atomic E-state index is 13.1. The van der Waals surface area contributed by atoms with E-state index < -0.39 is 11.9 Å². The van der Waals surface area contributed by atoms with Gasteiger partial charge >= 0.3 is 0 Å². The summed E-state index contributed by atoms with van der Waals surface area (Å²) in [4.78, 5) is 45.2. The van der Waals surface area contributed by atoms with Crippen LogP contribution >= 0.6 is 11.3 Å². The first-order valence-corrected chi connectivity index (χ1v) is 10.4. The molecule has 2 aromatic heterocycles. The van der Waals surface area contributed by atoms with Crippen LogP contribution in [0, 0.1) is 6.92 Å². The van der Waals surface area contributed by atoms with Crippen molar-refractivity contribution in [2.24, 2.45) is 5.73 Å². The van der Waals surface area contributed by atoms with Crippen LogP contribution in [0.15, 0.2) is 41.5 Å². The molecule has 1 aromatic carbocycles. The van der Waals surface area contributed by atoms with Gasteiger partial charge in [0.1, 0.15) is 17.4 Å². The number of amides is 2. The number of piperidine rings is 1. The van der Waals surface area contributed by atoms with Crippen molar-refractivity contribution in [3.05, 3.63) is 52.6 Å². The molecule has 4 rings (SSSR count). The summed E-state index contributed by atoms with van der Waals surface area (Å²) in [6.45, 7) is 2.23. The minimum absolute atomic E-state index is 0.151. The lowest BCUT2D eigenvalue weighted by Gasteiger charge is -2.33. The molecule has 1 unspecified atom stereocenters. The van der Waals surface area contributed by atoms with Crippen LogP contribution in [-0.2, 0) is 16.1 Å². The van der Waals surface area contributed by atoms with Crippen molar-refractivity contribution in [1.29, 1.82) is 0 Å². The number of nitrogens with two attached hydrogens (primary N) is 1. The molecule has 1 fully saturated rings. The number of thiophene rings is 1. The number of likely N-dealkylation sites (tertiary alicyclic amines) is 1. The maximum absolute atomic E-state index is 13.1. The second-order valence-electron chi connectivity index (χ2n) is 7.28. The second-order valence-corrected chi connectivity index (χ2v) is 8.28. The average Bonchev–Trinajstić information content (AvgIpc) is 3.07. The van der Waals surface area contributed by atoms with E-state index in [-0.39, 0.29) is 18.0 Å². The van der Waals surface area contributed by atoms with E-state index >= 15 is 0 Å². The molecular weight excluding hydrogens is 388 g/mol. The molecule has 1 saturated heterocycles. The Morgan fingerprint density at radius 1 is 1.24 bits per heavy atom. The number of hydrogen-bond donors (Lipinski definition) is 1. The molecule has 29 heavy (non-hydrogen) atoms. The van der Waals surface area contributed by atoms with E-state index in [1.807, 2.05) is 37.3 Å². The SMILES string of the molecule is Cc1c(-c2ccccc2)sc2ncn(CC(=O)N3CCCCC3C(N)=O)c(=O)c12. The zero-order chi connectivity index (χ0) is 20.5. The van der Waals surface area contributed by atoms with Gasteiger partial charge in [-0.25, -0.2) is 4.98 Å². The van der Waals surface area contributed by atoms with Gasteiger partial charge in [0.2, 0.25) is 11.8 Å². The average molecular weight is 410 g/mol. The molecule has 8 heteroatoms. The predicted molar refractivity (Wildman–Crippen MR) is 113 cm³/mol. The lowest BCUT2D eigenvalue weighted by atomic mass is 10.0. The van der Waals surface area contributed by atoms with E-state index in [0.717, 1.165) is 28.8 Å². The molecule has 0 saturated carbocycles. The lowest BCUT2D eigenvalue weighted by Crippen LogP contribution is -2.51. The summed E-state index contributed by atoms with van der Waals surface area (Å²) in [5.74, 6) is -0.784. The molecular formula is C21H22N4O3S. The van der Waals surface area contributed by atoms with Crippen LogP contribution < -0.4 is 11.3 Å². The van der Waals surface area contributed by atoms with Gasteiger partial charge in [0.05, 0.1) is 11.7 Å². The first-order chi connectivity index (χ1) is 14.0. The molecule has 2 amide bonds. The number of nitrogens with zero attached hydrogens (tertiary/aromatic N) is 3. The van der Waals surface area contributed by atoms with E-state index in [4.69, 9.17) is 5.73 Å². The highest BCUT2D eigenvalue weighted by Gasteiger charge is 2.30. The van der Waals surface area contributed by atoms with Gasteiger partial charge in [0, 0.05) is 11.4 Å². The minimum Gasteiger partial charge on any atom is -0.368 e. The number of aromatic nitrogens is 2. The normalized spacial score (nSPS) is 16.9. The Kier molecular flexibility index (Phi) is 5.19. The summed E-state index contributed by atoms with van der Waals surface area (Å²) in [7, 11) is 0. The van der Waals surface area contributed by atoms with Gasteiger partial charge in [-0.1, -0.05) is 30.3 Å². The summed E-state index contributed by atoms with van der Waals surface area (Å²) < 4.78 is 1.33. The van der Waals surface area contributed by atoms with Crippen LogP contribution in [0.4, 0.5) is 0 Å². The van der Waals surface area contributed by atoms with Gasteiger partial charge < -0.3 is 10.6 Å². The zero-order valence-corrected chi connectivity index (χ0v) is 16.9. The fourth-order valence-electron chi connectivity index (χ4n) is 3.90. The number of fused-ring (bicyclic) bond motifs is 1. The van der Waals surface area contributed by atoms with Crippen molar-refractivity contribution >= 4 is 33.4 Å². The number of benzene rings is 1. The van der Waals surface area contributed by atoms with Crippen molar-refractivity contribution < 1.29 is 9.59 Å². The molecule has 0 bridgehead atoms. The standard InChI is InChI=1S/C21H22N4O3S/c1-13-17-20(29-18(13)14-7-3-2-4-8-14)23-12-24(21(17)28)11-16(26)25-10-6-5-9-15(25)19(22)27/h2-4,7-8,12,15H,5-6,9-11H2,1H3,(H2,22,27).